The molecule has 1 N–H and O–H groups in total. The van der Waals surface area contributed by atoms with Gasteiger partial charge in [0.2, 0.25) is 15.4 Å². The quantitative estimate of drug-likeness (QED) is 0.388. The van der Waals surface area contributed by atoms with Crippen molar-refractivity contribution in [3.63, 3.8) is 0 Å². The predicted molar refractivity (Wildman–Crippen MR) is 140 cm³/mol. The molecule has 35 heavy (non-hydrogen) atoms. The molecule has 2 heterocycles. The first-order valence-electron chi connectivity index (χ1n) is 11.5. The Kier molecular flexibility index (Phi) is 6.30. The number of fused-ring (bicyclic) bond motifs is 1. The van der Waals surface area contributed by atoms with Crippen LogP contribution in [0.2, 0.25) is 5.02 Å². The van der Waals surface area contributed by atoms with Crippen molar-refractivity contribution < 1.29 is 18.1 Å². The molecular formula is C27H27ClN3O3S+. The van der Waals surface area contributed by atoms with Crippen molar-refractivity contribution in [3.8, 4) is 5.75 Å². The maximum atomic E-state index is 13.8. The van der Waals surface area contributed by atoms with Crippen molar-refractivity contribution in [1.82, 2.24) is 0 Å². The van der Waals surface area contributed by atoms with E-state index in [1.54, 1.807) is 31.5 Å². The average molecular weight is 509 g/mol. The molecule has 1 aromatic heterocycles. The lowest BCUT2D eigenvalue weighted by molar-refractivity contribution is -0.347. The summed E-state index contributed by atoms with van der Waals surface area (Å²) in [4.78, 5) is 8.16. The van der Waals surface area contributed by atoms with E-state index in [2.05, 4.69) is 26.9 Å². The summed E-state index contributed by atoms with van der Waals surface area (Å²) < 4.78 is 32.8. The SMILES string of the molecule is COc1ccc(N2CCN(c3c(S(=O)(=O)c4ccc(C)cc4)c[nH+]c4ccc(Cl)cc34)CC2)cc1. The topological polar surface area (TPSA) is 64.0 Å². The standard InChI is InChI=1S/C27H26ClN3O3S/c1-19-3-10-23(11-4-19)35(32,33)26-18-29-25-12-5-20(28)17-24(25)27(26)31-15-13-30(14-16-31)21-6-8-22(34-2)9-7-21/h3-12,17-18H,13-16H2,1-2H3/p+1. The van der Waals surface area contributed by atoms with E-state index in [9.17, 15) is 8.42 Å². The Morgan fingerprint density at radius 2 is 1.54 bits per heavy atom. The van der Waals surface area contributed by atoms with Crippen molar-refractivity contribution >= 4 is 43.7 Å². The number of piperazine rings is 1. The van der Waals surface area contributed by atoms with Gasteiger partial charge in [-0.2, -0.15) is 0 Å². The first-order chi connectivity index (χ1) is 16.9. The highest BCUT2D eigenvalue weighted by Gasteiger charge is 2.31. The number of halogens is 1. The van der Waals surface area contributed by atoms with Gasteiger partial charge in [0.05, 0.1) is 23.1 Å². The van der Waals surface area contributed by atoms with Gasteiger partial charge in [-0.15, -0.1) is 0 Å². The van der Waals surface area contributed by atoms with Crippen molar-refractivity contribution in [2.75, 3.05) is 43.1 Å². The molecule has 1 saturated heterocycles. The van der Waals surface area contributed by atoms with Crippen molar-refractivity contribution in [2.45, 2.75) is 16.7 Å². The Bertz CT molecular complexity index is 1460. The molecule has 180 valence electrons. The van der Waals surface area contributed by atoms with Gasteiger partial charge >= 0.3 is 0 Å². The van der Waals surface area contributed by atoms with E-state index in [1.807, 2.05) is 43.3 Å². The first-order valence-corrected chi connectivity index (χ1v) is 13.3. The third-order valence-electron chi connectivity index (χ3n) is 6.48. The van der Waals surface area contributed by atoms with E-state index >= 15 is 0 Å². The van der Waals surface area contributed by atoms with Crippen LogP contribution in [0.5, 0.6) is 5.75 Å². The molecule has 6 nitrogen and oxygen atoms in total. The molecule has 1 fully saturated rings. The zero-order valence-corrected chi connectivity index (χ0v) is 21.2. The minimum absolute atomic E-state index is 0.258. The van der Waals surface area contributed by atoms with Gasteiger partial charge in [-0.1, -0.05) is 29.3 Å². The Morgan fingerprint density at radius 3 is 2.20 bits per heavy atom. The van der Waals surface area contributed by atoms with Crippen molar-refractivity contribution in [2.24, 2.45) is 0 Å². The number of methoxy groups -OCH3 is 1. The summed E-state index contributed by atoms with van der Waals surface area (Å²) in [5.41, 5.74) is 3.66. The summed E-state index contributed by atoms with van der Waals surface area (Å²) in [5, 5.41) is 1.36. The third-order valence-corrected chi connectivity index (χ3v) is 8.50. The number of benzene rings is 3. The Balaban J connectivity index is 1.54. The minimum atomic E-state index is -3.76. The fraction of sp³-hybridized carbons (Fsp3) is 0.222. The second kappa shape index (κ2) is 9.40. The average Bonchev–Trinajstić information content (AvgIpc) is 2.88. The summed E-state index contributed by atoms with van der Waals surface area (Å²) in [5.74, 6) is 0.822. The number of nitrogens with zero attached hydrogens (tertiary/aromatic N) is 2. The predicted octanol–water partition coefficient (Wildman–Crippen LogP) is 4.78. The second-order valence-corrected chi connectivity index (χ2v) is 11.0. The molecule has 0 spiro atoms. The van der Waals surface area contributed by atoms with Gasteiger partial charge in [0.15, 0.2) is 11.1 Å². The van der Waals surface area contributed by atoms with Gasteiger partial charge in [-0.3, -0.25) is 0 Å². The molecule has 0 bridgehead atoms. The number of anilines is 2. The number of aromatic amines is 1. The summed E-state index contributed by atoms with van der Waals surface area (Å²) in [6.45, 7) is 4.81. The zero-order chi connectivity index (χ0) is 24.6. The van der Waals surface area contributed by atoms with Crippen LogP contribution in [0.1, 0.15) is 5.56 Å². The zero-order valence-electron chi connectivity index (χ0n) is 19.7. The van der Waals surface area contributed by atoms with Crippen LogP contribution in [0.25, 0.3) is 10.9 Å². The lowest BCUT2D eigenvalue weighted by Gasteiger charge is -2.38. The second-order valence-electron chi connectivity index (χ2n) is 8.68. The maximum absolute atomic E-state index is 13.8. The van der Waals surface area contributed by atoms with E-state index in [1.165, 1.54) is 0 Å². The van der Waals surface area contributed by atoms with Gasteiger partial charge in [0.25, 0.3) is 0 Å². The molecule has 8 heteroatoms. The van der Waals surface area contributed by atoms with E-state index in [4.69, 9.17) is 16.3 Å². The molecule has 1 aliphatic rings. The van der Waals surface area contributed by atoms with E-state index in [0.29, 0.717) is 23.8 Å². The molecule has 5 rings (SSSR count). The number of H-pyrrole nitrogens is 1. The van der Waals surface area contributed by atoms with Gasteiger partial charge in [0, 0.05) is 43.0 Å². The highest BCUT2D eigenvalue weighted by Crippen LogP contribution is 2.36. The molecule has 0 unspecified atom stereocenters. The molecule has 0 saturated carbocycles. The normalized spacial score (nSPS) is 14.4. The number of aryl methyl sites for hydroxylation is 1. The van der Waals surface area contributed by atoms with Crippen LogP contribution >= 0.6 is 11.6 Å². The molecule has 1 aliphatic heterocycles. The van der Waals surface area contributed by atoms with Gasteiger partial charge in [0.1, 0.15) is 5.75 Å². The van der Waals surface area contributed by atoms with Crippen LogP contribution in [0, 0.1) is 6.92 Å². The van der Waals surface area contributed by atoms with Crippen LogP contribution in [0.3, 0.4) is 0 Å². The first kappa shape index (κ1) is 23.5. The molecule has 4 aromatic rings. The van der Waals surface area contributed by atoms with E-state index in [-0.39, 0.29) is 9.79 Å². The monoisotopic (exact) mass is 508 g/mol. The number of hydrogen-bond acceptors (Lipinski definition) is 5. The van der Waals surface area contributed by atoms with E-state index in [0.717, 1.165) is 41.0 Å². The largest absolute Gasteiger partial charge is 0.497 e. The van der Waals surface area contributed by atoms with Gasteiger partial charge < -0.3 is 14.5 Å². The summed E-state index contributed by atoms with van der Waals surface area (Å²) in [6, 6.07) is 20.5. The summed E-state index contributed by atoms with van der Waals surface area (Å²) in [7, 11) is -2.10. The van der Waals surface area contributed by atoms with Crippen LogP contribution in [0.4, 0.5) is 11.4 Å². The van der Waals surface area contributed by atoms with Crippen molar-refractivity contribution in [3.05, 3.63) is 83.5 Å². The Morgan fingerprint density at radius 1 is 0.886 bits per heavy atom. The summed E-state index contributed by atoms with van der Waals surface area (Å²) >= 11 is 6.36. The number of hydrogen-bond donors (Lipinski definition) is 0. The minimum Gasteiger partial charge on any atom is -0.497 e. The summed E-state index contributed by atoms with van der Waals surface area (Å²) in [6.07, 6.45) is 1.61. The number of sulfone groups is 1. The van der Waals surface area contributed by atoms with Crippen LogP contribution in [0.15, 0.2) is 82.7 Å². The highest BCUT2D eigenvalue weighted by molar-refractivity contribution is 7.91. The smallest absolute Gasteiger partial charge is 0.214 e. The lowest BCUT2D eigenvalue weighted by atomic mass is 10.1. The van der Waals surface area contributed by atoms with Gasteiger partial charge in [-0.25, -0.2) is 13.4 Å². The maximum Gasteiger partial charge on any atom is 0.214 e. The number of pyridine rings is 1. The number of ether oxygens (including phenoxy) is 1. The van der Waals surface area contributed by atoms with Crippen molar-refractivity contribution in [1.29, 1.82) is 0 Å². The highest BCUT2D eigenvalue weighted by atomic mass is 35.5. The van der Waals surface area contributed by atoms with E-state index < -0.39 is 9.84 Å². The van der Waals surface area contributed by atoms with Crippen LogP contribution in [-0.2, 0) is 9.84 Å². The molecule has 0 amide bonds. The number of nitrogens with one attached hydrogen (secondary N) is 1. The Hall–Kier alpha value is -3.29. The fourth-order valence-electron chi connectivity index (χ4n) is 4.54. The lowest BCUT2D eigenvalue weighted by Crippen LogP contribution is -2.47. The number of rotatable bonds is 5. The molecular weight excluding hydrogens is 482 g/mol. The van der Waals surface area contributed by atoms with Gasteiger partial charge in [-0.05, 0) is 55.5 Å². The molecule has 0 atom stereocenters. The van der Waals surface area contributed by atoms with Crippen LogP contribution in [-0.4, -0.2) is 41.7 Å². The number of aromatic nitrogens is 1. The molecule has 3 aromatic carbocycles. The Labute approximate surface area is 210 Å². The molecule has 0 aliphatic carbocycles. The third kappa shape index (κ3) is 4.54. The fourth-order valence-corrected chi connectivity index (χ4v) is 6.17. The van der Waals surface area contributed by atoms with Crippen LogP contribution < -0.4 is 19.5 Å². The molecule has 0 radical (unpaired) electrons.